The van der Waals surface area contributed by atoms with Gasteiger partial charge in [-0.3, -0.25) is 0 Å². The molecular formula is C14H22BrN3O2S. The van der Waals surface area contributed by atoms with E-state index >= 15 is 0 Å². The van der Waals surface area contributed by atoms with Gasteiger partial charge in [-0.25, -0.2) is 8.42 Å². The molecule has 7 heteroatoms. The zero-order chi connectivity index (χ0) is 15.6. The second kappa shape index (κ2) is 6.64. The lowest BCUT2D eigenvalue weighted by Gasteiger charge is -2.32. The van der Waals surface area contributed by atoms with Gasteiger partial charge in [0, 0.05) is 24.1 Å². The van der Waals surface area contributed by atoms with Gasteiger partial charge in [0.2, 0.25) is 10.0 Å². The molecule has 0 amide bonds. The van der Waals surface area contributed by atoms with Crippen LogP contribution < -0.4 is 5.73 Å². The number of nitrogens with two attached hydrogens (primary N) is 1. The highest BCUT2D eigenvalue weighted by Gasteiger charge is 2.30. The lowest BCUT2D eigenvalue weighted by molar-refractivity contribution is 0.225. The van der Waals surface area contributed by atoms with E-state index in [0.717, 1.165) is 23.9 Å². The number of anilines is 1. The standard InChI is InChI=1S/C14H22BrN3O2S/c1-17(2)10-11-5-7-18(8-6-11)21(19,20)14-9-12(15)3-4-13(14)16/h3-4,9,11H,5-8,10,16H2,1-2H3. The van der Waals surface area contributed by atoms with Crippen LogP contribution >= 0.6 is 15.9 Å². The highest BCUT2D eigenvalue weighted by atomic mass is 79.9. The molecule has 0 unspecified atom stereocenters. The zero-order valence-corrected chi connectivity index (χ0v) is 14.8. The molecule has 0 aliphatic carbocycles. The first kappa shape index (κ1) is 16.7. The molecule has 1 aromatic carbocycles. The largest absolute Gasteiger partial charge is 0.398 e. The molecule has 1 fully saturated rings. The molecule has 0 atom stereocenters. The van der Waals surface area contributed by atoms with Crippen molar-refractivity contribution in [3.63, 3.8) is 0 Å². The molecular weight excluding hydrogens is 354 g/mol. The number of nitrogen functional groups attached to an aromatic ring is 1. The molecule has 1 heterocycles. The number of rotatable bonds is 4. The van der Waals surface area contributed by atoms with Crippen molar-refractivity contribution in [1.82, 2.24) is 9.21 Å². The van der Waals surface area contributed by atoms with Gasteiger partial charge in [0.25, 0.3) is 0 Å². The van der Waals surface area contributed by atoms with Crippen molar-refractivity contribution in [1.29, 1.82) is 0 Å². The maximum Gasteiger partial charge on any atom is 0.245 e. The maximum atomic E-state index is 12.7. The van der Waals surface area contributed by atoms with Gasteiger partial charge < -0.3 is 10.6 Å². The highest BCUT2D eigenvalue weighted by molar-refractivity contribution is 9.10. The van der Waals surface area contributed by atoms with Gasteiger partial charge in [0.1, 0.15) is 4.90 Å². The molecule has 5 nitrogen and oxygen atoms in total. The monoisotopic (exact) mass is 375 g/mol. The molecule has 0 bridgehead atoms. The van der Waals surface area contributed by atoms with E-state index in [1.54, 1.807) is 22.5 Å². The van der Waals surface area contributed by atoms with E-state index in [2.05, 4.69) is 20.8 Å². The fraction of sp³-hybridized carbons (Fsp3) is 0.571. The molecule has 2 N–H and O–H groups in total. The van der Waals surface area contributed by atoms with E-state index in [0.29, 0.717) is 24.7 Å². The number of halogens is 1. The molecule has 0 saturated carbocycles. The Hall–Kier alpha value is -0.630. The molecule has 2 rings (SSSR count). The first-order valence-corrected chi connectivity index (χ1v) is 9.24. The summed E-state index contributed by atoms with van der Waals surface area (Å²) in [6, 6.07) is 4.95. The van der Waals surface area contributed by atoms with Crippen LogP contribution in [0.2, 0.25) is 0 Å². The fourth-order valence-electron chi connectivity index (χ4n) is 2.72. The Kier molecular flexibility index (Phi) is 5.29. The first-order chi connectivity index (χ1) is 9.80. The Bertz CT molecular complexity index is 596. The Morgan fingerprint density at radius 2 is 1.95 bits per heavy atom. The Labute approximate surface area is 135 Å². The smallest absolute Gasteiger partial charge is 0.245 e. The van der Waals surface area contributed by atoms with Gasteiger partial charge in [-0.05, 0) is 51.1 Å². The van der Waals surface area contributed by atoms with Crippen LogP contribution in [0, 0.1) is 5.92 Å². The number of hydrogen-bond acceptors (Lipinski definition) is 4. The quantitative estimate of drug-likeness (QED) is 0.817. The van der Waals surface area contributed by atoms with E-state index in [-0.39, 0.29) is 4.90 Å². The van der Waals surface area contributed by atoms with Gasteiger partial charge in [0.05, 0.1) is 5.69 Å². The van der Waals surface area contributed by atoms with Crippen molar-refractivity contribution in [3.05, 3.63) is 22.7 Å². The van der Waals surface area contributed by atoms with E-state index in [1.165, 1.54) is 0 Å². The summed E-state index contributed by atoms with van der Waals surface area (Å²) < 4.78 is 27.7. The van der Waals surface area contributed by atoms with Crippen LogP contribution in [0.4, 0.5) is 5.69 Å². The van der Waals surface area contributed by atoms with Crippen molar-refractivity contribution in [2.75, 3.05) is 39.5 Å². The number of benzene rings is 1. The predicted molar refractivity (Wildman–Crippen MR) is 88.6 cm³/mol. The van der Waals surface area contributed by atoms with Crippen molar-refractivity contribution < 1.29 is 8.42 Å². The van der Waals surface area contributed by atoms with Crippen LogP contribution in [0.15, 0.2) is 27.6 Å². The summed E-state index contributed by atoms with van der Waals surface area (Å²) in [5.41, 5.74) is 6.14. The summed E-state index contributed by atoms with van der Waals surface area (Å²) in [5, 5.41) is 0. The normalized spacial score (nSPS) is 18.3. The van der Waals surface area contributed by atoms with Gasteiger partial charge in [0.15, 0.2) is 0 Å². The fourth-order valence-corrected chi connectivity index (χ4v) is 4.84. The van der Waals surface area contributed by atoms with E-state index in [9.17, 15) is 8.42 Å². The summed E-state index contributed by atoms with van der Waals surface area (Å²) in [5.74, 6) is 0.561. The van der Waals surface area contributed by atoms with Crippen molar-refractivity contribution >= 4 is 31.6 Å². The van der Waals surface area contributed by atoms with Gasteiger partial charge in [-0.2, -0.15) is 4.31 Å². The average Bonchev–Trinajstić information content (AvgIpc) is 2.41. The Morgan fingerprint density at radius 3 is 2.52 bits per heavy atom. The van der Waals surface area contributed by atoms with Crippen LogP contribution in [-0.2, 0) is 10.0 Å². The summed E-state index contributed by atoms with van der Waals surface area (Å²) >= 11 is 3.31. The van der Waals surface area contributed by atoms with Crippen LogP contribution in [0.1, 0.15) is 12.8 Å². The summed E-state index contributed by atoms with van der Waals surface area (Å²) in [6.07, 6.45) is 1.79. The molecule has 1 aromatic rings. The number of piperidine rings is 1. The second-order valence-corrected chi connectivity index (χ2v) is 8.61. The Balaban J connectivity index is 2.13. The number of hydrogen-bond donors (Lipinski definition) is 1. The molecule has 118 valence electrons. The van der Waals surface area contributed by atoms with Crippen LogP contribution in [0.3, 0.4) is 0 Å². The second-order valence-electron chi connectivity index (χ2n) is 5.79. The summed E-state index contributed by atoms with van der Waals surface area (Å²) in [6.45, 7) is 2.13. The molecule has 21 heavy (non-hydrogen) atoms. The molecule has 1 aliphatic heterocycles. The summed E-state index contributed by atoms with van der Waals surface area (Å²) in [7, 11) is 0.591. The Morgan fingerprint density at radius 1 is 1.33 bits per heavy atom. The SMILES string of the molecule is CN(C)CC1CCN(S(=O)(=O)c2cc(Br)ccc2N)CC1. The van der Waals surface area contributed by atoms with Crippen molar-refractivity contribution in [2.45, 2.75) is 17.7 Å². The third kappa shape index (κ3) is 3.97. The topological polar surface area (TPSA) is 66.6 Å². The third-order valence-corrected chi connectivity index (χ3v) is 6.24. The minimum absolute atomic E-state index is 0.197. The number of sulfonamides is 1. The van der Waals surface area contributed by atoms with Crippen molar-refractivity contribution in [3.8, 4) is 0 Å². The summed E-state index contributed by atoms with van der Waals surface area (Å²) in [4.78, 5) is 2.35. The lowest BCUT2D eigenvalue weighted by Crippen LogP contribution is -2.40. The van der Waals surface area contributed by atoms with Gasteiger partial charge >= 0.3 is 0 Å². The third-order valence-electron chi connectivity index (χ3n) is 3.79. The van der Waals surface area contributed by atoms with Crippen LogP contribution in [-0.4, -0.2) is 51.4 Å². The molecule has 1 aliphatic rings. The molecule has 0 spiro atoms. The molecule has 1 saturated heterocycles. The van der Waals surface area contributed by atoms with E-state index < -0.39 is 10.0 Å². The highest BCUT2D eigenvalue weighted by Crippen LogP contribution is 2.29. The first-order valence-electron chi connectivity index (χ1n) is 7.00. The van der Waals surface area contributed by atoms with Gasteiger partial charge in [-0.1, -0.05) is 15.9 Å². The average molecular weight is 376 g/mol. The predicted octanol–water partition coefficient (Wildman–Crippen LogP) is 1.99. The number of nitrogens with zero attached hydrogens (tertiary/aromatic N) is 2. The minimum Gasteiger partial charge on any atom is -0.398 e. The van der Waals surface area contributed by atoms with Crippen LogP contribution in [0.25, 0.3) is 0 Å². The van der Waals surface area contributed by atoms with Crippen molar-refractivity contribution in [2.24, 2.45) is 5.92 Å². The van der Waals surface area contributed by atoms with E-state index in [1.807, 2.05) is 14.1 Å². The minimum atomic E-state index is -3.50. The van der Waals surface area contributed by atoms with Gasteiger partial charge in [-0.15, -0.1) is 0 Å². The molecule has 0 aromatic heterocycles. The van der Waals surface area contributed by atoms with E-state index in [4.69, 9.17) is 5.73 Å². The lowest BCUT2D eigenvalue weighted by atomic mass is 9.98. The maximum absolute atomic E-state index is 12.7. The van der Waals surface area contributed by atoms with Crippen LogP contribution in [0.5, 0.6) is 0 Å². The molecule has 0 radical (unpaired) electrons. The zero-order valence-electron chi connectivity index (χ0n) is 12.4.